The van der Waals surface area contributed by atoms with Gasteiger partial charge in [0.05, 0.1) is 0 Å². The molecule has 1 aromatic heterocycles. The molecular formula is C10H18N4O2S. The second-order valence-electron chi connectivity index (χ2n) is 4.59. The Balaban J connectivity index is 2.11. The van der Waals surface area contributed by atoms with E-state index in [4.69, 9.17) is 0 Å². The second kappa shape index (κ2) is 4.40. The Morgan fingerprint density at radius 3 is 2.76 bits per heavy atom. The van der Waals surface area contributed by atoms with E-state index in [0.717, 1.165) is 17.9 Å². The van der Waals surface area contributed by atoms with Crippen LogP contribution in [0.1, 0.15) is 23.9 Å². The molecule has 1 N–H and O–H groups in total. The first-order valence-corrected chi connectivity index (χ1v) is 7.00. The third-order valence-corrected chi connectivity index (χ3v) is 4.96. The maximum atomic E-state index is 11.9. The number of nitrogens with zero attached hydrogens (tertiary/aromatic N) is 3. The summed E-state index contributed by atoms with van der Waals surface area (Å²) in [5.41, 5.74) is 1.01. The highest BCUT2D eigenvalue weighted by Gasteiger charge is 2.34. The minimum atomic E-state index is -3.29. The Hall–Kier alpha value is -0.920. The minimum absolute atomic E-state index is 0.179. The van der Waals surface area contributed by atoms with E-state index in [0.29, 0.717) is 13.1 Å². The van der Waals surface area contributed by atoms with Gasteiger partial charge in [0.15, 0.2) is 0 Å². The summed E-state index contributed by atoms with van der Waals surface area (Å²) >= 11 is 0. The quantitative estimate of drug-likeness (QED) is 0.848. The van der Waals surface area contributed by atoms with E-state index in [1.807, 2.05) is 6.92 Å². The summed E-state index contributed by atoms with van der Waals surface area (Å²) < 4.78 is 26.6. The number of hydrogen-bond donors (Lipinski definition) is 1. The van der Waals surface area contributed by atoms with Gasteiger partial charge in [-0.15, -0.1) is 0 Å². The molecule has 2 rings (SSSR count). The van der Waals surface area contributed by atoms with Crippen LogP contribution in [0.15, 0.2) is 6.20 Å². The minimum Gasteiger partial charge on any atom is -0.346 e. The molecule has 1 aromatic rings. The Bertz CT molecular complexity index is 494. The fourth-order valence-corrected chi connectivity index (χ4v) is 3.20. The van der Waals surface area contributed by atoms with Crippen molar-refractivity contribution in [3.63, 3.8) is 0 Å². The zero-order chi connectivity index (χ0) is 12.6. The highest BCUT2D eigenvalue weighted by molar-refractivity contribution is 7.86. The molecule has 0 aromatic carbocycles. The van der Waals surface area contributed by atoms with Gasteiger partial charge >= 0.3 is 0 Å². The number of imidazole rings is 1. The lowest BCUT2D eigenvalue weighted by Crippen LogP contribution is -2.38. The zero-order valence-electron chi connectivity index (χ0n) is 10.3. The molecule has 0 bridgehead atoms. The molecule has 1 unspecified atom stereocenters. The van der Waals surface area contributed by atoms with Crippen molar-refractivity contribution in [2.45, 2.75) is 19.3 Å². The van der Waals surface area contributed by atoms with Crippen molar-refractivity contribution in [2.24, 2.45) is 0 Å². The lowest BCUT2D eigenvalue weighted by atomic mass is 10.1. The number of aryl methyl sites for hydroxylation is 1. The SMILES string of the molecule is Cc1cnc(C2CCN(S(=O)(=O)N(C)C)C2)[nH]1. The van der Waals surface area contributed by atoms with Crippen LogP contribution in [0, 0.1) is 6.92 Å². The van der Waals surface area contributed by atoms with Crippen molar-refractivity contribution in [1.82, 2.24) is 18.6 Å². The summed E-state index contributed by atoms with van der Waals surface area (Å²) in [5.74, 6) is 1.07. The average molecular weight is 258 g/mol. The molecule has 6 nitrogen and oxygen atoms in total. The van der Waals surface area contributed by atoms with E-state index >= 15 is 0 Å². The highest BCUT2D eigenvalue weighted by Crippen LogP contribution is 2.27. The van der Waals surface area contributed by atoms with E-state index in [1.165, 1.54) is 8.61 Å². The van der Waals surface area contributed by atoms with E-state index in [9.17, 15) is 8.42 Å². The van der Waals surface area contributed by atoms with Gasteiger partial charge in [0.1, 0.15) is 5.82 Å². The largest absolute Gasteiger partial charge is 0.346 e. The van der Waals surface area contributed by atoms with Gasteiger partial charge < -0.3 is 4.98 Å². The average Bonchev–Trinajstić information content (AvgIpc) is 2.85. The topological polar surface area (TPSA) is 69.3 Å². The summed E-state index contributed by atoms with van der Waals surface area (Å²) in [4.78, 5) is 7.44. The van der Waals surface area contributed by atoms with Crippen molar-refractivity contribution in [1.29, 1.82) is 0 Å². The molecule has 7 heteroatoms. The van der Waals surface area contributed by atoms with Crippen LogP contribution in [0.5, 0.6) is 0 Å². The molecule has 0 radical (unpaired) electrons. The fraction of sp³-hybridized carbons (Fsp3) is 0.700. The molecule has 1 atom stereocenters. The van der Waals surface area contributed by atoms with Crippen LogP contribution in [0.2, 0.25) is 0 Å². The van der Waals surface area contributed by atoms with E-state index < -0.39 is 10.2 Å². The fourth-order valence-electron chi connectivity index (χ4n) is 2.03. The Labute approximate surface area is 102 Å². The molecular weight excluding hydrogens is 240 g/mol. The summed E-state index contributed by atoms with van der Waals surface area (Å²) in [5, 5.41) is 0. The molecule has 1 aliphatic heterocycles. The first kappa shape index (κ1) is 12.5. The number of aromatic amines is 1. The van der Waals surface area contributed by atoms with Gasteiger partial charge in [-0.05, 0) is 13.3 Å². The van der Waals surface area contributed by atoms with Crippen LogP contribution < -0.4 is 0 Å². The number of rotatable bonds is 3. The van der Waals surface area contributed by atoms with Crippen molar-refractivity contribution in [3.8, 4) is 0 Å². The predicted octanol–water partition coefficient (Wildman–Crippen LogP) is 0.314. The molecule has 0 spiro atoms. The number of H-pyrrole nitrogens is 1. The molecule has 1 fully saturated rings. The lowest BCUT2D eigenvalue weighted by molar-refractivity contribution is 0.418. The van der Waals surface area contributed by atoms with E-state index in [2.05, 4.69) is 9.97 Å². The monoisotopic (exact) mass is 258 g/mol. The molecule has 96 valence electrons. The van der Waals surface area contributed by atoms with Gasteiger partial charge in [-0.25, -0.2) is 4.98 Å². The van der Waals surface area contributed by atoms with E-state index in [1.54, 1.807) is 20.3 Å². The summed E-state index contributed by atoms with van der Waals surface area (Å²) in [6.07, 6.45) is 2.60. The standard InChI is InChI=1S/C10H18N4O2S/c1-8-6-11-10(12-8)9-4-5-14(7-9)17(15,16)13(2)3/h6,9H,4-5,7H2,1-3H3,(H,11,12). The van der Waals surface area contributed by atoms with Crippen molar-refractivity contribution in [2.75, 3.05) is 27.2 Å². The van der Waals surface area contributed by atoms with Crippen LogP contribution in [-0.2, 0) is 10.2 Å². The number of hydrogen-bond acceptors (Lipinski definition) is 3. The van der Waals surface area contributed by atoms with Crippen LogP contribution >= 0.6 is 0 Å². The van der Waals surface area contributed by atoms with E-state index in [-0.39, 0.29) is 5.92 Å². The second-order valence-corrected chi connectivity index (χ2v) is 6.73. The molecule has 0 aliphatic carbocycles. The van der Waals surface area contributed by atoms with Gasteiger partial charge in [0.25, 0.3) is 10.2 Å². The molecule has 1 aliphatic rings. The first-order chi connectivity index (χ1) is 7.91. The van der Waals surface area contributed by atoms with Crippen LogP contribution in [0.25, 0.3) is 0 Å². The Morgan fingerprint density at radius 1 is 1.53 bits per heavy atom. The van der Waals surface area contributed by atoms with Crippen molar-refractivity contribution in [3.05, 3.63) is 17.7 Å². The Kier molecular flexibility index (Phi) is 3.24. The van der Waals surface area contributed by atoms with Gasteiger partial charge in [-0.1, -0.05) is 0 Å². The van der Waals surface area contributed by atoms with Gasteiger partial charge in [-0.2, -0.15) is 17.0 Å². The smallest absolute Gasteiger partial charge is 0.281 e. The lowest BCUT2D eigenvalue weighted by Gasteiger charge is -2.20. The third-order valence-electron chi connectivity index (χ3n) is 3.05. The van der Waals surface area contributed by atoms with Gasteiger partial charge in [0, 0.05) is 45.0 Å². The number of aromatic nitrogens is 2. The van der Waals surface area contributed by atoms with Gasteiger partial charge in [-0.3, -0.25) is 0 Å². The maximum Gasteiger partial charge on any atom is 0.281 e. The Morgan fingerprint density at radius 2 is 2.24 bits per heavy atom. The van der Waals surface area contributed by atoms with Crippen molar-refractivity contribution >= 4 is 10.2 Å². The van der Waals surface area contributed by atoms with Crippen LogP contribution in [0.3, 0.4) is 0 Å². The van der Waals surface area contributed by atoms with Crippen LogP contribution in [0.4, 0.5) is 0 Å². The maximum absolute atomic E-state index is 11.9. The highest BCUT2D eigenvalue weighted by atomic mass is 32.2. The molecule has 0 saturated carbocycles. The number of nitrogens with one attached hydrogen (secondary N) is 1. The molecule has 0 amide bonds. The molecule has 2 heterocycles. The third kappa shape index (κ3) is 2.36. The molecule has 1 saturated heterocycles. The summed E-state index contributed by atoms with van der Waals surface area (Å²) in [6.45, 7) is 3.01. The normalized spacial score (nSPS) is 22.5. The summed E-state index contributed by atoms with van der Waals surface area (Å²) in [6, 6.07) is 0. The van der Waals surface area contributed by atoms with Crippen molar-refractivity contribution < 1.29 is 8.42 Å². The van der Waals surface area contributed by atoms with Gasteiger partial charge in [0.2, 0.25) is 0 Å². The zero-order valence-corrected chi connectivity index (χ0v) is 11.2. The van der Waals surface area contributed by atoms with Crippen LogP contribution in [-0.4, -0.2) is 54.2 Å². The first-order valence-electron chi connectivity index (χ1n) is 5.60. The predicted molar refractivity (Wildman–Crippen MR) is 64.9 cm³/mol. The summed E-state index contributed by atoms with van der Waals surface area (Å²) in [7, 11) is -0.175. The molecule has 17 heavy (non-hydrogen) atoms.